The molecular weight excluding hydrogens is 264 g/mol. The van der Waals surface area contributed by atoms with Gasteiger partial charge in [-0.25, -0.2) is 0 Å². The lowest BCUT2D eigenvalue weighted by atomic mass is 9.98. The number of likely N-dealkylation sites (tertiary alicyclic amines) is 1. The summed E-state index contributed by atoms with van der Waals surface area (Å²) in [4.78, 5) is 2.50. The molecule has 1 aliphatic heterocycles. The van der Waals surface area contributed by atoms with Crippen molar-refractivity contribution in [1.29, 1.82) is 0 Å². The Morgan fingerprint density at radius 2 is 2.10 bits per heavy atom. The van der Waals surface area contributed by atoms with Gasteiger partial charge in [0.15, 0.2) is 0 Å². The maximum Gasteiger partial charge on any atom is 0.0596 e. The fraction of sp³-hybridized carbons (Fsp3) is 0.812. The Hall–Kier alpha value is -0.910. The second-order valence-electron chi connectivity index (χ2n) is 6.43. The third-order valence-electron chi connectivity index (χ3n) is 4.44. The SMILES string of the molecule is Cc1cc(C)n(C[C@@H](C)NCCN2CCC(CO)CC2)n1. The summed E-state index contributed by atoms with van der Waals surface area (Å²) in [5.74, 6) is 0.527. The average molecular weight is 294 g/mol. The summed E-state index contributed by atoms with van der Waals surface area (Å²) in [6, 6.07) is 2.55. The zero-order valence-electron chi connectivity index (χ0n) is 13.7. The monoisotopic (exact) mass is 294 g/mol. The number of nitrogens with zero attached hydrogens (tertiary/aromatic N) is 3. The van der Waals surface area contributed by atoms with Crippen LogP contribution in [0.2, 0.25) is 0 Å². The molecule has 1 aliphatic rings. The zero-order valence-corrected chi connectivity index (χ0v) is 13.7. The first kappa shape index (κ1) is 16.5. The summed E-state index contributed by atoms with van der Waals surface area (Å²) in [6.07, 6.45) is 2.27. The van der Waals surface area contributed by atoms with Gasteiger partial charge in [0, 0.05) is 31.4 Å². The van der Waals surface area contributed by atoms with Gasteiger partial charge in [-0.1, -0.05) is 0 Å². The summed E-state index contributed by atoms with van der Waals surface area (Å²) in [5, 5.41) is 17.2. The van der Waals surface area contributed by atoms with E-state index in [1.54, 1.807) is 0 Å². The molecular formula is C16H30N4O. The van der Waals surface area contributed by atoms with Gasteiger partial charge in [0.1, 0.15) is 0 Å². The molecule has 0 spiro atoms. The molecule has 5 nitrogen and oxygen atoms in total. The number of nitrogens with one attached hydrogen (secondary N) is 1. The van der Waals surface area contributed by atoms with E-state index in [-0.39, 0.29) is 0 Å². The Morgan fingerprint density at radius 1 is 1.38 bits per heavy atom. The van der Waals surface area contributed by atoms with Crippen LogP contribution in [0.25, 0.3) is 0 Å². The molecule has 120 valence electrons. The van der Waals surface area contributed by atoms with Crippen LogP contribution in [-0.2, 0) is 6.54 Å². The van der Waals surface area contributed by atoms with Gasteiger partial charge in [-0.3, -0.25) is 4.68 Å². The minimum atomic E-state index is 0.353. The molecule has 0 radical (unpaired) electrons. The van der Waals surface area contributed by atoms with E-state index in [0.29, 0.717) is 18.6 Å². The molecule has 0 aromatic carbocycles. The van der Waals surface area contributed by atoms with Gasteiger partial charge in [-0.05, 0) is 58.7 Å². The van der Waals surface area contributed by atoms with E-state index in [1.165, 1.54) is 5.69 Å². The van der Waals surface area contributed by atoms with Crippen molar-refractivity contribution in [2.45, 2.75) is 46.2 Å². The Morgan fingerprint density at radius 3 is 2.67 bits per heavy atom. The molecule has 5 heteroatoms. The molecule has 1 atom stereocenters. The number of hydrogen-bond donors (Lipinski definition) is 2. The van der Waals surface area contributed by atoms with Crippen molar-refractivity contribution in [2.75, 3.05) is 32.8 Å². The van der Waals surface area contributed by atoms with Crippen molar-refractivity contribution in [2.24, 2.45) is 5.92 Å². The standard InChI is InChI=1S/C16H30N4O/c1-13-10-15(3)20(18-13)11-14(2)17-6-9-19-7-4-16(12-21)5-8-19/h10,14,16-17,21H,4-9,11-12H2,1-3H3/t14-/m1/s1. The molecule has 21 heavy (non-hydrogen) atoms. The van der Waals surface area contributed by atoms with Gasteiger partial charge in [-0.15, -0.1) is 0 Å². The lowest BCUT2D eigenvalue weighted by molar-refractivity contribution is 0.131. The van der Waals surface area contributed by atoms with Crippen LogP contribution in [-0.4, -0.2) is 58.6 Å². The van der Waals surface area contributed by atoms with Crippen molar-refractivity contribution in [1.82, 2.24) is 20.0 Å². The van der Waals surface area contributed by atoms with Gasteiger partial charge in [0.2, 0.25) is 0 Å². The van der Waals surface area contributed by atoms with E-state index in [0.717, 1.165) is 51.3 Å². The molecule has 1 aromatic heterocycles. The van der Waals surface area contributed by atoms with Crippen molar-refractivity contribution in [3.8, 4) is 0 Å². The number of aryl methyl sites for hydroxylation is 2. The van der Waals surface area contributed by atoms with Crippen molar-refractivity contribution in [3.05, 3.63) is 17.5 Å². The van der Waals surface area contributed by atoms with Gasteiger partial charge < -0.3 is 15.3 Å². The van der Waals surface area contributed by atoms with Crippen LogP contribution in [0.15, 0.2) is 6.07 Å². The first-order chi connectivity index (χ1) is 10.1. The van der Waals surface area contributed by atoms with E-state index < -0.39 is 0 Å². The summed E-state index contributed by atoms with van der Waals surface area (Å²) >= 11 is 0. The largest absolute Gasteiger partial charge is 0.396 e. The zero-order chi connectivity index (χ0) is 15.2. The minimum Gasteiger partial charge on any atom is -0.396 e. The molecule has 1 aromatic rings. The van der Waals surface area contributed by atoms with Gasteiger partial charge >= 0.3 is 0 Å². The van der Waals surface area contributed by atoms with E-state index in [4.69, 9.17) is 5.11 Å². The van der Waals surface area contributed by atoms with Gasteiger partial charge in [0.05, 0.1) is 12.2 Å². The Balaban J connectivity index is 1.63. The van der Waals surface area contributed by atoms with E-state index in [9.17, 15) is 0 Å². The number of piperidine rings is 1. The summed E-state index contributed by atoms with van der Waals surface area (Å²) < 4.78 is 2.08. The summed E-state index contributed by atoms with van der Waals surface area (Å²) in [7, 11) is 0. The highest BCUT2D eigenvalue weighted by atomic mass is 16.3. The van der Waals surface area contributed by atoms with E-state index in [1.807, 2.05) is 6.92 Å². The molecule has 0 unspecified atom stereocenters. The maximum atomic E-state index is 9.15. The van der Waals surface area contributed by atoms with Crippen LogP contribution in [0, 0.1) is 19.8 Å². The lowest BCUT2D eigenvalue weighted by Gasteiger charge is -2.31. The van der Waals surface area contributed by atoms with Crippen LogP contribution in [0.1, 0.15) is 31.2 Å². The first-order valence-corrected chi connectivity index (χ1v) is 8.16. The second-order valence-corrected chi connectivity index (χ2v) is 6.43. The molecule has 0 aliphatic carbocycles. The van der Waals surface area contributed by atoms with Crippen molar-refractivity contribution in [3.63, 3.8) is 0 Å². The molecule has 2 rings (SSSR count). The Labute approximate surface area is 128 Å². The average Bonchev–Trinajstić information content (AvgIpc) is 2.77. The Bertz CT molecular complexity index is 424. The van der Waals surface area contributed by atoms with Crippen LogP contribution in [0.4, 0.5) is 0 Å². The molecule has 0 saturated carbocycles. The number of aliphatic hydroxyl groups excluding tert-OH is 1. The molecule has 1 fully saturated rings. The predicted octanol–water partition coefficient (Wildman–Crippen LogP) is 1.18. The van der Waals surface area contributed by atoms with Crippen LogP contribution < -0.4 is 5.32 Å². The number of aliphatic hydroxyl groups is 1. The third-order valence-corrected chi connectivity index (χ3v) is 4.44. The second kappa shape index (κ2) is 7.92. The van der Waals surface area contributed by atoms with Crippen LogP contribution in [0.5, 0.6) is 0 Å². The highest BCUT2D eigenvalue weighted by molar-refractivity contribution is 5.06. The van der Waals surface area contributed by atoms with Crippen LogP contribution in [0.3, 0.4) is 0 Å². The molecule has 2 heterocycles. The van der Waals surface area contributed by atoms with Gasteiger partial charge in [-0.2, -0.15) is 5.10 Å². The fourth-order valence-corrected chi connectivity index (χ4v) is 3.05. The minimum absolute atomic E-state index is 0.353. The molecule has 0 bridgehead atoms. The quantitative estimate of drug-likeness (QED) is 0.793. The first-order valence-electron chi connectivity index (χ1n) is 8.16. The predicted molar refractivity (Wildman–Crippen MR) is 85.4 cm³/mol. The fourth-order valence-electron chi connectivity index (χ4n) is 3.05. The number of rotatable bonds is 7. The Kier molecular flexibility index (Phi) is 6.21. The molecule has 0 amide bonds. The van der Waals surface area contributed by atoms with Crippen LogP contribution >= 0.6 is 0 Å². The van der Waals surface area contributed by atoms with Crippen molar-refractivity contribution >= 4 is 0 Å². The topological polar surface area (TPSA) is 53.3 Å². The lowest BCUT2D eigenvalue weighted by Crippen LogP contribution is -2.41. The highest BCUT2D eigenvalue weighted by Crippen LogP contribution is 2.15. The number of aromatic nitrogens is 2. The summed E-state index contributed by atoms with van der Waals surface area (Å²) in [6.45, 7) is 12.0. The van der Waals surface area contributed by atoms with E-state index >= 15 is 0 Å². The summed E-state index contributed by atoms with van der Waals surface area (Å²) in [5.41, 5.74) is 2.32. The highest BCUT2D eigenvalue weighted by Gasteiger charge is 2.18. The smallest absolute Gasteiger partial charge is 0.0596 e. The normalized spacial score (nSPS) is 19.0. The molecule has 2 N–H and O–H groups in total. The molecule has 1 saturated heterocycles. The third kappa shape index (κ3) is 5.09. The number of hydrogen-bond acceptors (Lipinski definition) is 4. The van der Waals surface area contributed by atoms with Crippen molar-refractivity contribution < 1.29 is 5.11 Å². The van der Waals surface area contributed by atoms with Gasteiger partial charge in [0.25, 0.3) is 0 Å². The maximum absolute atomic E-state index is 9.15. The van der Waals surface area contributed by atoms with E-state index in [2.05, 4.69) is 39.9 Å².